The summed E-state index contributed by atoms with van der Waals surface area (Å²) in [6.45, 7) is 7.83. The van der Waals surface area contributed by atoms with Crippen LogP contribution in [0.2, 0.25) is 0 Å². The first kappa shape index (κ1) is 30.6. The van der Waals surface area contributed by atoms with Crippen molar-refractivity contribution >= 4 is 11.4 Å². The molecule has 4 atom stereocenters. The lowest BCUT2D eigenvalue weighted by molar-refractivity contribution is -0.274. The molecule has 222 valence electrons. The molecule has 1 fully saturated rings. The van der Waals surface area contributed by atoms with Crippen molar-refractivity contribution in [2.75, 3.05) is 38.3 Å². The van der Waals surface area contributed by atoms with Crippen LogP contribution >= 0.6 is 0 Å². The Morgan fingerprint density at radius 3 is 2.51 bits per heavy atom. The summed E-state index contributed by atoms with van der Waals surface area (Å²) < 4.78 is 48.1. The van der Waals surface area contributed by atoms with E-state index in [-0.39, 0.29) is 36.7 Å². The molecule has 4 rings (SSSR count). The number of aromatic nitrogens is 1. The van der Waals surface area contributed by atoms with Gasteiger partial charge in [-0.3, -0.25) is 4.90 Å². The van der Waals surface area contributed by atoms with Crippen molar-refractivity contribution in [3.8, 4) is 11.8 Å². The van der Waals surface area contributed by atoms with Gasteiger partial charge in [0, 0.05) is 38.8 Å². The molecule has 8 nitrogen and oxygen atoms in total. The van der Waals surface area contributed by atoms with Crippen LogP contribution in [0.4, 0.5) is 18.9 Å². The number of unbranched alkanes of at least 4 members (excludes halogenated alkanes) is 2. The number of anilines is 1. The van der Waals surface area contributed by atoms with Gasteiger partial charge in [-0.2, -0.15) is 5.26 Å². The first-order valence-corrected chi connectivity index (χ1v) is 14.0. The Labute approximate surface area is 239 Å². The highest BCUT2D eigenvalue weighted by atomic mass is 19.4. The molecule has 2 aliphatic rings. The predicted molar refractivity (Wildman–Crippen MR) is 150 cm³/mol. The number of halogens is 3. The first-order valence-electron chi connectivity index (χ1n) is 14.0. The van der Waals surface area contributed by atoms with E-state index < -0.39 is 6.36 Å². The van der Waals surface area contributed by atoms with E-state index in [1.165, 1.54) is 12.1 Å². The standard InChI is InChI=1S/C30H38F3N5O3/c1-5-6-7-14-40-28-15-27(29-26(36(28)4)13-10-23(16-34)35-29)37-18-24(19-39)38(17-20(37)2)21(3)22-8-11-25(12-9-22)41-30(31,32)33/h8-13,15,20-21,24,28,39H,5-7,14,17-19H2,1-4H3/t20-,21?,24-,28?/m0/s1. The van der Waals surface area contributed by atoms with E-state index in [9.17, 15) is 23.5 Å². The van der Waals surface area contributed by atoms with Gasteiger partial charge in [0.2, 0.25) is 0 Å². The molecule has 0 saturated carbocycles. The van der Waals surface area contributed by atoms with Crippen LogP contribution in [0.3, 0.4) is 0 Å². The molecule has 0 radical (unpaired) electrons. The molecule has 0 bridgehead atoms. The number of likely N-dealkylation sites (N-methyl/N-ethyl adjacent to an activating group) is 1. The van der Waals surface area contributed by atoms with Crippen LogP contribution in [0.1, 0.15) is 63.0 Å². The normalized spacial score (nSPS) is 22.1. The number of aliphatic hydroxyl groups excluding tert-OH is 1. The van der Waals surface area contributed by atoms with E-state index in [0.717, 1.165) is 36.2 Å². The molecule has 1 N–H and O–H groups in total. The quantitative estimate of drug-likeness (QED) is 0.383. The number of hydrogen-bond acceptors (Lipinski definition) is 8. The molecule has 1 saturated heterocycles. The molecule has 0 spiro atoms. The monoisotopic (exact) mass is 573 g/mol. The van der Waals surface area contributed by atoms with Crippen LogP contribution in [0.25, 0.3) is 5.70 Å². The summed E-state index contributed by atoms with van der Waals surface area (Å²) in [6.07, 6.45) is 0.146. The summed E-state index contributed by atoms with van der Waals surface area (Å²) in [5.74, 6) is -0.270. The second-order valence-corrected chi connectivity index (χ2v) is 10.6. The number of benzene rings is 1. The van der Waals surface area contributed by atoms with Gasteiger partial charge in [-0.1, -0.05) is 31.9 Å². The number of pyridine rings is 1. The van der Waals surface area contributed by atoms with Crippen molar-refractivity contribution in [3.63, 3.8) is 0 Å². The lowest BCUT2D eigenvalue weighted by atomic mass is 9.98. The molecule has 3 heterocycles. The van der Waals surface area contributed by atoms with Crippen molar-refractivity contribution in [3.05, 3.63) is 59.4 Å². The van der Waals surface area contributed by atoms with E-state index in [0.29, 0.717) is 31.1 Å². The van der Waals surface area contributed by atoms with Crippen molar-refractivity contribution in [1.82, 2.24) is 14.8 Å². The molecule has 1 aromatic carbocycles. The van der Waals surface area contributed by atoms with Crippen molar-refractivity contribution < 1.29 is 27.8 Å². The van der Waals surface area contributed by atoms with Gasteiger partial charge in [-0.25, -0.2) is 4.98 Å². The Bertz CT molecular complexity index is 1250. The lowest BCUT2D eigenvalue weighted by Gasteiger charge is -2.50. The van der Waals surface area contributed by atoms with Gasteiger partial charge in [0.1, 0.15) is 23.2 Å². The minimum absolute atomic E-state index is 0.00359. The van der Waals surface area contributed by atoms with Gasteiger partial charge in [0.05, 0.1) is 24.0 Å². The van der Waals surface area contributed by atoms with Gasteiger partial charge < -0.3 is 24.4 Å². The number of nitrogens with zero attached hydrogens (tertiary/aromatic N) is 5. The molecular formula is C30H38F3N5O3. The second-order valence-electron chi connectivity index (χ2n) is 10.6. The number of piperazine rings is 1. The van der Waals surface area contributed by atoms with Crippen molar-refractivity contribution in [2.24, 2.45) is 0 Å². The number of hydrogen-bond donors (Lipinski definition) is 1. The highest BCUT2D eigenvalue weighted by Crippen LogP contribution is 2.38. The average Bonchev–Trinajstić information content (AvgIpc) is 2.95. The maximum Gasteiger partial charge on any atom is 0.573 e. The van der Waals surface area contributed by atoms with Crippen LogP contribution < -0.4 is 9.64 Å². The zero-order valence-electron chi connectivity index (χ0n) is 23.9. The van der Waals surface area contributed by atoms with Crippen LogP contribution in [0.15, 0.2) is 42.5 Å². The number of ether oxygens (including phenoxy) is 2. The first-order chi connectivity index (χ1) is 19.6. The summed E-state index contributed by atoms with van der Waals surface area (Å²) >= 11 is 0. The Morgan fingerprint density at radius 1 is 1.15 bits per heavy atom. The summed E-state index contributed by atoms with van der Waals surface area (Å²) in [5, 5.41) is 20.0. The van der Waals surface area contributed by atoms with Gasteiger partial charge >= 0.3 is 6.36 Å². The lowest BCUT2D eigenvalue weighted by Crippen LogP contribution is -2.58. The molecule has 41 heavy (non-hydrogen) atoms. The van der Waals surface area contributed by atoms with E-state index in [1.54, 1.807) is 18.2 Å². The molecule has 2 unspecified atom stereocenters. The Kier molecular flexibility index (Phi) is 9.79. The van der Waals surface area contributed by atoms with Crippen LogP contribution in [-0.4, -0.2) is 77.9 Å². The molecule has 0 amide bonds. The third-order valence-corrected chi connectivity index (χ3v) is 7.83. The van der Waals surface area contributed by atoms with E-state index in [4.69, 9.17) is 4.74 Å². The van der Waals surface area contributed by atoms with Crippen LogP contribution in [0.5, 0.6) is 5.75 Å². The summed E-state index contributed by atoms with van der Waals surface area (Å²) in [5.41, 5.74) is 3.57. The summed E-state index contributed by atoms with van der Waals surface area (Å²) in [6, 6.07) is 11.2. The zero-order valence-corrected chi connectivity index (χ0v) is 23.9. The zero-order chi connectivity index (χ0) is 29.7. The van der Waals surface area contributed by atoms with E-state index in [2.05, 4.69) is 39.4 Å². The van der Waals surface area contributed by atoms with Gasteiger partial charge in [-0.05, 0) is 56.2 Å². The predicted octanol–water partition coefficient (Wildman–Crippen LogP) is 5.30. The SMILES string of the molecule is CCCCCOC1C=C(N2C[C@@H](CO)N(C(C)c3ccc(OC(F)(F)F)cc3)C[C@@H]2C)c2nc(C#N)ccc2N1C. The Hall–Kier alpha value is -3.33. The van der Waals surface area contributed by atoms with Crippen molar-refractivity contribution in [1.29, 1.82) is 5.26 Å². The molecule has 1 aromatic heterocycles. The molecular weight excluding hydrogens is 535 g/mol. The van der Waals surface area contributed by atoms with Gasteiger partial charge in [0.25, 0.3) is 0 Å². The summed E-state index contributed by atoms with van der Waals surface area (Å²) in [4.78, 5) is 11.1. The maximum atomic E-state index is 12.6. The van der Waals surface area contributed by atoms with Crippen LogP contribution in [-0.2, 0) is 4.74 Å². The minimum atomic E-state index is -4.75. The smallest absolute Gasteiger partial charge is 0.406 e. The topological polar surface area (TPSA) is 85.1 Å². The molecule has 11 heteroatoms. The third kappa shape index (κ3) is 7.12. The number of alkyl halides is 3. The Balaban J connectivity index is 1.58. The van der Waals surface area contributed by atoms with Crippen LogP contribution in [0, 0.1) is 11.3 Å². The maximum absolute atomic E-state index is 12.6. The number of aliphatic hydroxyl groups is 1. The molecule has 0 aliphatic carbocycles. The highest BCUT2D eigenvalue weighted by molar-refractivity contribution is 5.77. The summed E-state index contributed by atoms with van der Waals surface area (Å²) in [7, 11) is 1.95. The fourth-order valence-electron chi connectivity index (χ4n) is 5.57. The van der Waals surface area contributed by atoms with Crippen molar-refractivity contribution in [2.45, 2.75) is 70.7 Å². The van der Waals surface area contributed by atoms with Gasteiger partial charge in [0.15, 0.2) is 6.23 Å². The highest BCUT2D eigenvalue weighted by Gasteiger charge is 2.38. The average molecular weight is 574 g/mol. The second kappa shape index (κ2) is 13.1. The van der Waals surface area contributed by atoms with E-state index >= 15 is 0 Å². The largest absolute Gasteiger partial charge is 0.573 e. The molecule has 2 aromatic rings. The number of rotatable bonds is 10. The van der Waals surface area contributed by atoms with E-state index in [1.807, 2.05) is 31.0 Å². The van der Waals surface area contributed by atoms with Gasteiger partial charge in [-0.15, -0.1) is 13.2 Å². The Morgan fingerprint density at radius 2 is 1.88 bits per heavy atom. The fraction of sp³-hybridized carbons (Fsp3) is 0.533. The number of fused-ring (bicyclic) bond motifs is 1. The third-order valence-electron chi connectivity index (χ3n) is 7.83. The molecule has 2 aliphatic heterocycles. The minimum Gasteiger partial charge on any atom is -0.406 e. The number of nitriles is 1. The fourth-order valence-corrected chi connectivity index (χ4v) is 5.57.